The fraction of sp³-hybridized carbons (Fsp3) is 0.233. The molecule has 1 atom stereocenters. The topological polar surface area (TPSA) is 102 Å². The van der Waals surface area contributed by atoms with Gasteiger partial charge in [-0.15, -0.1) is 0 Å². The predicted octanol–water partition coefficient (Wildman–Crippen LogP) is 4.73. The molecule has 0 saturated carbocycles. The van der Waals surface area contributed by atoms with Crippen LogP contribution in [0.3, 0.4) is 0 Å². The maximum Gasteiger partial charge on any atom is 0.337 e. The molecular weight excluding hydrogens is 486 g/mol. The molecule has 0 spiro atoms. The van der Waals surface area contributed by atoms with Crippen LogP contribution in [0, 0.1) is 13.8 Å². The summed E-state index contributed by atoms with van der Waals surface area (Å²) in [6.45, 7) is 3.73. The van der Waals surface area contributed by atoms with Crippen LogP contribution in [0.15, 0.2) is 66.2 Å². The molecule has 1 unspecified atom stereocenters. The lowest BCUT2D eigenvalue weighted by molar-refractivity contribution is -0.140. The van der Waals surface area contributed by atoms with Gasteiger partial charge in [-0.25, -0.2) is 4.79 Å². The molecule has 1 fully saturated rings. The quantitative estimate of drug-likeness (QED) is 0.210. The number of carbonyl (C=O) groups is 3. The number of aryl methyl sites for hydroxylation is 2. The van der Waals surface area contributed by atoms with Crippen LogP contribution >= 0.6 is 0 Å². The Morgan fingerprint density at radius 1 is 0.895 bits per heavy atom. The van der Waals surface area contributed by atoms with Crippen LogP contribution in [0.25, 0.3) is 5.76 Å². The number of rotatable bonds is 7. The highest BCUT2D eigenvalue weighted by atomic mass is 16.5. The number of esters is 1. The molecule has 0 aliphatic carbocycles. The van der Waals surface area contributed by atoms with Crippen molar-refractivity contribution in [2.45, 2.75) is 26.4 Å². The fourth-order valence-corrected chi connectivity index (χ4v) is 4.65. The molecule has 8 heteroatoms. The van der Waals surface area contributed by atoms with Crippen molar-refractivity contribution in [1.29, 1.82) is 0 Å². The monoisotopic (exact) mass is 515 g/mol. The molecule has 1 heterocycles. The number of ketones is 1. The Hall–Kier alpha value is -4.59. The SMILES string of the molecule is COC(=O)c1ccc(CN2C(=O)C(=O)/C(=C(/O)c3cc(C)c(OC)cc3C)C2c2ccc(OC)cc2)cc1. The molecule has 3 aromatic carbocycles. The molecule has 38 heavy (non-hydrogen) atoms. The first-order valence-corrected chi connectivity index (χ1v) is 11.9. The third-order valence-electron chi connectivity index (χ3n) is 6.70. The smallest absolute Gasteiger partial charge is 0.337 e. The van der Waals surface area contributed by atoms with Crippen molar-refractivity contribution >= 4 is 23.4 Å². The maximum absolute atomic E-state index is 13.4. The molecule has 1 aliphatic rings. The second kappa shape index (κ2) is 10.8. The Morgan fingerprint density at radius 2 is 1.55 bits per heavy atom. The third kappa shape index (κ3) is 4.85. The molecule has 0 bridgehead atoms. The van der Waals surface area contributed by atoms with Crippen LogP contribution < -0.4 is 9.47 Å². The number of benzene rings is 3. The van der Waals surface area contributed by atoms with Gasteiger partial charge in [0.05, 0.1) is 38.5 Å². The van der Waals surface area contributed by atoms with Crippen LogP contribution in [0.4, 0.5) is 0 Å². The highest BCUT2D eigenvalue weighted by Crippen LogP contribution is 2.41. The minimum Gasteiger partial charge on any atom is -0.507 e. The van der Waals surface area contributed by atoms with Gasteiger partial charge in [0.15, 0.2) is 0 Å². The summed E-state index contributed by atoms with van der Waals surface area (Å²) in [5.41, 5.74) is 3.63. The van der Waals surface area contributed by atoms with E-state index in [-0.39, 0.29) is 17.9 Å². The lowest BCUT2D eigenvalue weighted by Gasteiger charge is -2.26. The molecule has 1 saturated heterocycles. The van der Waals surface area contributed by atoms with Gasteiger partial charge >= 0.3 is 5.97 Å². The summed E-state index contributed by atoms with van der Waals surface area (Å²) in [6.07, 6.45) is 0. The van der Waals surface area contributed by atoms with Gasteiger partial charge in [-0.3, -0.25) is 9.59 Å². The first-order chi connectivity index (χ1) is 18.2. The van der Waals surface area contributed by atoms with Crippen LogP contribution in [-0.4, -0.2) is 49.0 Å². The van der Waals surface area contributed by atoms with Gasteiger partial charge in [0.25, 0.3) is 11.7 Å². The summed E-state index contributed by atoms with van der Waals surface area (Å²) in [5, 5.41) is 11.5. The summed E-state index contributed by atoms with van der Waals surface area (Å²) < 4.78 is 15.4. The van der Waals surface area contributed by atoms with Crippen molar-refractivity contribution in [1.82, 2.24) is 4.90 Å². The van der Waals surface area contributed by atoms with Gasteiger partial charge in [0, 0.05) is 12.1 Å². The lowest BCUT2D eigenvalue weighted by atomic mass is 9.93. The van der Waals surface area contributed by atoms with Gasteiger partial charge in [-0.2, -0.15) is 0 Å². The third-order valence-corrected chi connectivity index (χ3v) is 6.70. The van der Waals surface area contributed by atoms with E-state index >= 15 is 0 Å². The highest BCUT2D eigenvalue weighted by Gasteiger charge is 2.46. The molecule has 0 radical (unpaired) electrons. The van der Waals surface area contributed by atoms with E-state index in [0.29, 0.717) is 39.3 Å². The normalized spacial score (nSPS) is 16.4. The van der Waals surface area contributed by atoms with Crippen molar-refractivity contribution in [2.75, 3.05) is 21.3 Å². The summed E-state index contributed by atoms with van der Waals surface area (Å²) in [5.74, 6) is -0.960. The Bertz CT molecular complexity index is 1420. The van der Waals surface area contributed by atoms with Crippen LogP contribution in [0.5, 0.6) is 11.5 Å². The zero-order valence-electron chi connectivity index (χ0n) is 21.9. The number of amides is 1. The molecular formula is C30H29NO7. The second-order valence-electron chi connectivity index (χ2n) is 9.03. The molecule has 8 nitrogen and oxygen atoms in total. The number of methoxy groups -OCH3 is 3. The van der Waals surface area contributed by atoms with Crippen LogP contribution in [0.1, 0.15) is 44.2 Å². The van der Waals surface area contributed by atoms with Gasteiger partial charge in [-0.1, -0.05) is 24.3 Å². The van der Waals surface area contributed by atoms with Gasteiger partial charge in [0.2, 0.25) is 0 Å². The average Bonchev–Trinajstić information content (AvgIpc) is 3.18. The van der Waals surface area contributed by atoms with E-state index in [1.54, 1.807) is 81.8 Å². The Morgan fingerprint density at radius 3 is 2.13 bits per heavy atom. The zero-order chi connectivity index (χ0) is 27.6. The standard InChI is InChI=1S/C30H29NO7/c1-17-15-24(37-4)18(2)14-23(17)27(32)25-26(20-10-12-22(36-3)13-11-20)31(29(34)28(25)33)16-19-6-8-21(9-7-19)30(35)38-5/h6-15,26,32H,16H2,1-5H3/b27-25+. The van der Waals surface area contributed by atoms with Crippen molar-refractivity contribution in [3.63, 3.8) is 0 Å². The highest BCUT2D eigenvalue weighted by molar-refractivity contribution is 6.46. The van der Waals surface area contributed by atoms with Crippen molar-refractivity contribution < 1.29 is 33.7 Å². The van der Waals surface area contributed by atoms with E-state index in [9.17, 15) is 19.5 Å². The largest absolute Gasteiger partial charge is 0.507 e. The Balaban J connectivity index is 1.84. The number of carbonyl (C=O) groups excluding carboxylic acids is 3. The number of hydrogen-bond acceptors (Lipinski definition) is 7. The van der Waals surface area contributed by atoms with Gasteiger partial charge < -0.3 is 24.2 Å². The molecule has 0 aromatic heterocycles. The minimum absolute atomic E-state index is 0.000912. The predicted molar refractivity (Wildman–Crippen MR) is 141 cm³/mol. The van der Waals surface area contributed by atoms with Crippen molar-refractivity contribution in [2.24, 2.45) is 0 Å². The molecule has 4 rings (SSSR count). The summed E-state index contributed by atoms with van der Waals surface area (Å²) in [4.78, 5) is 40.0. The van der Waals surface area contributed by atoms with Gasteiger partial charge in [0.1, 0.15) is 17.3 Å². The summed E-state index contributed by atoms with van der Waals surface area (Å²) >= 11 is 0. The van der Waals surface area contributed by atoms with E-state index in [0.717, 1.165) is 5.56 Å². The van der Waals surface area contributed by atoms with Crippen LogP contribution in [-0.2, 0) is 20.9 Å². The maximum atomic E-state index is 13.4. The number of ether oxygens (including phenoxy) is 3. The first-order valence-electron chi connectivity index (χ1n) is 11.9. The van der Waals surface area contributed by atoms with Crippen molar-refractivity contribution in [3.8, 4) is 11.5 Å². The van der Waals surface area contributed by atoms with Crippen LogP contribution in [0.2, 0.25) is 0 Å². The molecule has 196 valence electrons. The molecule has 1 amide bonds. The van der Waals surface area contributed by atoms with E-state index in [2.05, 4.69) is 0 Å². The fourth-order valence-electron chi connectivity index (χ4n) is 4.65. The number of Topliss-reactive ketones (excluding diaryl/α,β-unsaturated/α-hetero) is 1. The summed E-state index contributed by atoms with van der Waals surface area (Å²) in [7, 11) is 4.42. The van der Waals surface area contributed by atoms with E-state index < -0.39 is 23.7 Å². The molecule has 1 aliphatic heterocycles. The van der Waals surface area contributed by atoms with Crippen molar-refractivity contribution in [3.05, 3.63) is 99.6 Å². The number of aliphatic hydroxyl groups is 1. The average molecular weight is 516 g/mol. The van der Waals surface area contributed by atoms with Gasteiger partial charge in [-0.05, 0) is 72.5 Å². The number of hydrogen-bond donors (Lipinski definition) is 1. The number of likely N-dealkylation sites (tertiary alicyclic amines) is 1. The zero-order valence-corrected chi connectivity index (χ0v) is 21.9. The molecule has 1 N–H and O–H groups in total. The Kier molecular flexibility index (Phi) is 7.52. The first kappa shape index (κ1) is 26.5. The minimum atomic E-state index is -0.844. The van der Waals surface area contributed by atoms with E-state index in [1.165, 1.54) is 12.0 Å². The van der Waals surface area contributed by atoms with E-state index in [4.69, 9.17) is 14.2 Å². The van der Waals surface area contributed by atoms with E-state index in [1.807, 2.05) is 6.92 Å². The Labute approximate surface area is 221 Å². The summed E-state index contributed by atoms with van der Waals surface area (Å²) in [6, 6.07) is 16.3. The molecule has 3 aromatic rings. The number of aliphatic hydroxyl groups excluding tert-OH is 1. The number of nitrogens with zero attached hydrogens (tertiary/aromatic N) is 1. The second-order valence-corrected chi connectivity index (χ2v) is 9.03. The lowest BCUT2D eigenvalue weighted by Crippen LogP contribution is -2.29.